The van der Waals surface area contributed by atoms with E-state index in [0.717, 1.165) is 24.9 Å². The summed E-state index contributed by atoms with van der Waals surface area (Å²) in [7, 11) is 0. The second kappa shape index (κ2) is 13.4. The summed E-state index contributed by atoms with van der Waals surface area (Å²) in [5.74, 6) is 0.0199. The number of carbonyl (C=O) groups excluding carboxylic acids is 3. The molecule has 0 radical (unpaired) electrons. The third kappa shape index (κ3) is 7.93. The number of rotatable bonds is 12. The van der Waals surface area contributed by atoms with Gasteiger partial charge in [0.15, 0.2) is 0 Å². The number of halogens is 1. The van der Waals surface area contributed by atoms with Crippen molar-refractivity contribution in [3.8, 4) is 11.8 Å². The molecule has 3 amide bonds. The normalized spacial score (nSPS) is 12.2. The fourth-order valence-corrected chi connectivity index (χ4v) is 3.52. The molecule has 1 aliphatic rings. The van der Waals surface area contributed by atoms with Gasteiger partial charge in [-0.25, -0.2) is 0 Å². The van der Waals surface area contributed by atoms with Crippen LogP contribution in [0.15, 0.2) is 18.2 Å². The average molecular weight is 464 g/mol. The lowest BCUT2D eigenvalue weighted by atomic mass is 10.2. The number of amides is 3. The van der Waals surface area contributed by atoms with Crippen molar-refractivity contribution in [1.29, 1.82) is 5.26 Å². The largest absolute Gasteiger partial charge is 0.489 e. The molecular weight excluding hydrogens is 434 g/mol. The van der Waals surface area contributed by atoms with Crippen LogP contribution in [0.4, 0.5) is 11.4 Å². The molecular formula is C22H30ClN5O4. The monoisotopic (exact) mass is 463 g/mol. The van der Waals surface area contributed by atoms with Crippen molar-refractivity contribution < 1.29 is 19.1 Å². The zero-order valence-corrected chi connectivity index (χ0v) is 19.1. The molecule has 10 heteroatoms. The van der Waals surface area contributed by atoms with Crippen molar-refractivity contribution in [2.75, 3.05) is 55.0 Å². The highest BCUT2D eigenvalue weighted by Gasteiger charge is 2.23. The van der Waals surface area contributed by atoms with E-state index in [-0.39, 0.29) is 43.1 Å². The second-order valence-electron chi connectivity index (χ2n) is 7.40. The predicted molar refractivity (Wildman–Crippen MR) is 123 cm³/mol. The number of unbranched alkanes of at least 4 members (excludes halogenated alkanes) is 2. The number of carbonyl (C=O) groups is 3. The first-order chi connectivity index (χ1) is 15.5. The van der Waals surface area contributed by atoms with E-state index in [1.807, 2.05) is 17.0 Å². The number of anilines is 2. The lowest BCUT2D eigenvalue weighted by Gasteiger charge is -2.32. The maximum atomic E-state index is 12.4. The van der Waals surface area contributed by atoms with E-state index in [4.69, 9.17) is 21.6 Å². The fourth-order valence-electron chi connectivity index (χ4n) is 3.38. The maximum Gasteiger partial charge on any atom is 0.241 e. The number of nitrogens with one attached hydrogen (secondary N) is 2. The molecule has 0 atom stereocenters. The molecule has 1 aliphatic heterocycles. The Kier molecular flexibility index (Phi) is 10.6. The first-order valence-corrected chi connectivity index (χ1v) is 11.3. The van der Waals surface area contributed by atoms with Crippen molar-refractivity contribution in [1.82, 2.24) is 10.6 Å². The van der Waals surface area contributed by atoms with Crippen LogP contribution in [0.5, 0.6) is 5.75 Å². The lowest BCUT2D eigenvalue weighted by molar-refractivity contribution is -0.120. The molecule has 174 valence electrons. The van der Waals surface area contributed by atoms with E-state index in [9.17, 15) is 14.4 Å². The fraction of sp³-hybridized carbons (Fsp3) is 0.545. The highest BCUT2D eigenvalue weighted by atomic mass is 35.5. The first-order valence-electron chi connectivity index (χ1n) is 10.7. The van der Waals surface area contributed by atoms with Gasteiger partial charge in [0.25, 0.3) is 0 Å². The van der Waals surface area contributed by atoms with Crippen molar-refractivity contribution >= 4 is 40.7 Å². The third-order valence-electron chi connectivity index (χ3n) is 4.96. The van der Waals surface area contributed by atoms with Crippen molar-refractivity contribution in [2.24, 2.45) is 0 Å². The summed E-state index contributed by atoms with van der Waals surface area (Å²) >= 11 is 5.71. The van der Waals surface area contributed by atoms with Gasteiger partial charge in [0.1, 0.15) is 18.2 Å². The Bertz CT molecular complexity index is 842. The van der Waals surface area contributed by atoms with Crippen LogP contribution in [0.1, 0.15) is 32.6 Å². The topological polar surface area (TPSA) is 115 Å². The van der Waals surface area contributed by atoms with E-state index in [0.29, 0.717) is 37.7 Å². The highest BCUT2D eigenvalue weighted by Crippen LogP contribution is 2.35. The Morgan fingerprint density at radius 1 is 1.22 bits per heavy atom. The molecule has 0 aliphatic carbocycles. The number of nitrogens with zero attached hydrogens (tertiary/aromatic N) is 3. The molecule has 1 aromatic rings. The Morgan fingerprint density at radius 2 is 1.97 bits per heavy atom. The van der Waals surface area contributed by atoms with E-state index >= 15 is 0 Å². The standard InChI is InChI=1S/C22H30ClN5O4/c1-17(29)25-9-3-2-4-10-26-21(30)16-27-12-13-32-20-14-18(6-7-19(20)27)28(11-5-8-24)22(31)15-23/h6-7,14H,2-5,9-13,15-16H2,1H3,(H,25,29)(H,26,30). The Morgan fingerprint density at radius 3 is 2.66 bits per heavy atom. The average Bonchev–Trinajstić information content (AvgIpc) is 2.78. The van der Waals surface area contributed by atoms with Gasteiger partial charge < -0.3 is 25.2 Å². The molecule has 1 heterocycles. The number of alkyl halides is 1. The number of ether oxygens (including phenoxy) is 1. The zero-order valence-electron chi connectivity index (χ0n) is 18.4. The van der Waals surface area contributed by atoms with E-state index in [1.54, 1.807) is 12.1 Å². The van der Waals surface area contributed by atoms with E-state index < -0.39 is 0 Å². The van der Waals surface area contributed by atoms with Crippen LogP contribution < -0.4 is 25.2 Å². The summed E-state index contributed by atoms with van der Waals surface area (Å²) < 4.78 is 5.76. The molecule has 2 rings (SSSR count). The van der Waals surface area contributed by atoms with Crippen LogP contribution in [0.2, 0.25) is 0 Å². The third-order valence-corrected chi connectivity index (χ3v) is 5.19. The van der Waals surface area contributed by atoms with Gasteiger partial charge in [-0.15, -0.1) is 11.6 Å². The van der Waals surface area contributed by atoms with E-state index in [1.165, 1.54) is 11.8 Å². The quantitative estimate of drug-likeness (QED) is 0.361. The van der Waals surface area contributed by atoms with Crippen LogP contribution in [0.3, 0.4) is 0 Å². The lowest BCUT2D eigenvalue weighted by Crippen LogP contribution is -2.41. The molecule has 0 saturated heterocycles. The number of fused-ring (bicyclic) bond motifs is 1. The molecule has 0 bridgehead atoms. The summed E-state index contributed by atoms with van der Waals surface area (Å²) in [5, 5.41) is 14.5. The van der Waals surface area contributed by atoms with Gasteiger partial charge in [0.2, 0.25) is 17.7 Å². The Hall–Kier alpha value is -2.99. The molecule has 0 fully saturated rings. The first kappa shape index (κ1) is 25.3. The van der Waals surface area contributed by atoms with Crippen LogP contribution >= 0.6 is 11.6 Å². The minimum absolute atomic E-state index is 0.0308. The SMILES string of the molecule is CC(=O)NCCCCCNC(=O)CN1CCOc2cc(N(CCC#N)C(=O)CCl)ccc21. The number of nitriles is 1. The minimum atomic E-state index is -0.286. The molecule has 0 unspecified atom stereocenters. The van der Waals surface area contributed by atoms with Crippen LogP contribution in [0.25, 0.3) is 0 Å². The number of hydrogen-bond donors (Lipinski definition) is 2. The van der Waals surface area contributed by atoms with Gasteiger partial charge in [0, 0.05) is 38.3 Å². The molecule has 0 spiro atoms. The highest BCUT2D eigenvalue weighted by molar-refractivity contribution is 6.29. The Balaban J connectivity index is 1.90. The number of benzene rings is 1. The minimum Gasteiger partial charge on any atom is -0.489 e. The van der Waals surface area contributed by atoms with Gasteiger partial charge in [0.05, 0.1) is 31.3 Å². The molecule has 1 aromatic carbocycles. The Labute approximate surface area is 193 Å². The molecule has 2 N–H and O–H groups in total. The second-order valence-corrected chi connectivity index (χ2v) is 7.67. The molecule has 0 aromatic heterocycles. The van der Waals surface area contributed by atoms with Gasteiger partial charge in [-0.1, -0.05) is 0 Å². The van der Waals surface area contributed by atoms with Gasteiger partial charge in [-0.2, -0.15) is 5.26 Å². The van der Waals surface area contributed by atoms with Crippen molar-refractivity contribution in [3.05, 3.63) is 18.2 Å². The molecule has 0 saturated carbocycles. The summed E-state index contributed by atoms with van der Waals surface area (Å²) in [6.07, 6.45) is 2.85. The summed E-state index contributed by atoms with van der Waals surface area (Å²) in [4.78, 5) is 38.8. The molecule has 9 nitrogen and oxygen atoms in total. The summed E-state index contributed by atoms with van der Waals surface area (Å²) in [5.41, 5.74) is 1.39. The smallest absolute Gasteiger partial charge is 0.241 e. The molecule has 32 heavy (non-hydrogen) atoms. The van der Waals surface area contributed by atoms with Gasteiger partial charge in [-0.3, -0.25) is 14.4 Å². The number of hydrogen-bond acceptors (Lipinski definition) is 6. The zero-order chi connectivity index (χ0) is 23.3. The van der Waals surface area contributed by atoms with Gasteiger partial charge >= 0.3 is 0 Å². The van der Waals surface area contributed by atoms with Crippen molar-refractivity contribution in [3.63, 3.8) is 0 Å². The summed E-state index contributed by atoms with van der Waals surface area (Å²) in [6, 6.07) is 7.37. The van der Waals surface area contributed by atoms with Gasteiger partial charge in [-0.05, 0) is 31.4 Å². The van der Waals surface area contributed by atoms with Crippen LogP contribution in [-0.2, 0) is 14.4 Å². The van der Waals surface area contributed by atoms with Crippen molar-refractivity contribution in [2.45, 2.75) is 32.6 Å². The summed E-state index contributed by atoms with van der Waals surface area (Å²) in [6.45, 7) is 4.20. The maximum absolute atomic E-state index is 12.4. The predicted octanol–water partition coefficient (Wildman–Crippen LogP) is 1.79. The van der Waals surface area contributed by atoms with Crippen LogP contribution in [-0.4, -0.2) is 62.9 Å². The van der Waals surface area contributed by atoms with E-state index in [2.05, 4.69) is 10.6 Å². The van der Waals surface area contributed by atoms with Crippen LogP contribution in [0, 0.1) is 11.3 Å².